The Morgan fingerprint density at radius 3 is 3.00 bits per heavy atom. The van der Waals surface area contributed by atoms with Crippen LogP contribution in [0.1, 0.15) is 31.1 Å². The van der Waals surface area contributed by atoms with Gasteiger partial charge in [0.1, 0.15) is 5.76 Å². The summed E-state index contributed by atoms with van der Waals surface area (Å²) in [6.45, 7) is 2.19. The molecule has 1 saturated heterocycles. The lowest BCUT2D eigenvalue weighted by atomic mass is 9.93. The molecule has 2 atom stereocenters. The van der Waals surface area contributed by atoms with E-state index in [1.54, 1.807) is 6.26 Å². The smallest absolute Gasteiger partial charge is 0.135 e. The third-order valence-electron chi connectivity index (χ3n) is 3.64. The second-order valence-corrected chi connectivity index (χ2v) is 5.73. The van der Waals surface area contributed by atoms with Crippen molar-refractivity contribution in [1.29, 1.82) is 0 Å². The van der Waals surface area contributed by atoms with Crippen molar-refractivity contribution >= 4 is 15.9 Å². The molecule has 1 aromatic rings. The van der Waals surface area contributed by atoms with E-state index in [2.05, 4.69) is 33.2 Å². The maximum absolute atomic E-state index is 5.69. The van der Waals surface area contributed by atoms with Crippen molar-refractivity contribution in [2.24, 2.45) is 5.92 Å². The zero-order valence-electron chi connectivity index (χ0n) is 10.6. The van der Waals surface area contributed by atoms with E-state index in [4.69, 9.17) is 4.42 Å². The number of hydrogen-bond donors (Lipinski definition) is 1. The first-order valence-electron chi connectivity index (χ1n) is 6.31. The number of furan rings is 1. The maximum atomic E-state index is 5.69. The predicted octanol–water partition coefficient (Wildman–Crippen LogP) is 3.03. The zero-order chi connectivity index (χ0) is 12.3. The van der Waals surface area contributed by atoms with Crippen molar-refractivity contribution in [3.8, 4) is 0 Å². The van der Waals surface area contributed by atoms with Gasteiger partial charge in [-0.2, -0.15) is 0 Å². The van der Waals surface area contributed by atoms with Crippen molar-refractivity contribution < 1.29 is 4.42 Å². The third kappa shape index (κ3) is 2.92. The molecular weight excluding hydrogens is 280 g/mol. The molecule has 1 N–H and O–H groups in total. The number of rotatable bonds is 3. The minimum absolute atomic E-state index is 0.384. The predicted molar refractivity (Wildman–Crippen MR) is 73.0 cm³/mol. The monoisotopic (exact) mass is 300 g/mol. The molecule has 1 aliphatic heterocycles. The van der Waals surface area contributed by atoms with E-state index in [-0.39, 0.29) is 0 Å². The number of nitrogens with zero attached hydrogens (tertiary/aromatic N) is 1. The molecule has 1 fully saturated rings. The van der Waals surface area contributed by atoms with E-state index in [0.29, 0.717) is 12.0 Å². The molecule has 0 amide bonds. The molecule has 0 aromatic carbocycles. The van der Waals surface area contributed by atoms with Crippen LogP contribution >= 0.6 is 15.9 Å². The Morgan fingerprint density at radius 2 is 2.35 bits per heavy atom. The summed E-state index contributed by atoms with van der Waals surface area (Å²) < 4.78 is 6.78. The van der Waals surface area contributed by atoms with E-state index >= 15 is 0 Å². The Kier molecular flexibility index (Phi) is 4.65. The quantitative estimate of drug-likeness (QED) is 0.930. The first-order chi connectivity index (χ1) is 8.24. The minimum atomic E-state index is 0.384. The minimum Gasteiger partial charge on any atom is -0.466 e. The van der Waals surface area contributed by atoms with Crippen LogP contribution in [0.15, 0.2) is 21.2 Å². The van der Waals surface area contributed by atoms with Crippen LogP contribution < -0.4 is 5.32 Å². The normalized spacial score (nSPS) is 27.0. The molecule has 2 heterocycles. The fourth-order valence-electron chi connectivity index (χ4n) is 2.83. The van der Waals surface area contributed by atoms with Crippen molar-refractivity contribution in [2.75, 3.05) is 27.2 Å². The van der Waals surface area contributed by atoms with Crippen LogP contribution in [0.5, 0.6) is 0 Å². The zero-order valence-corrected chi connectivity index (χ0v) is 12.2. The number of halogens is 1. The molecule has 3 nitrogen and oxygen atoms in total. The van der Waals surface area contributed by atoms with Crippen molar-refractivity contribution in [3.63, 3.8) is 0 Å². The highest BCUT2D eigenvalue weighted by Gasteiger charge is 2.32. The summed E-state index contributed by atoms with van der Waals surface area (Å²) in [5.74, 6) is 1.70. The fourth-order valence-corrected chi connectivity index (χ4v) is 3.27. The van der Waals surface area contributed by atoms with Crippen LogP contribution in [0.3, 0.4) is 0 Å². The number of nitrogens with one attached hydrogen (secondary N) is 1. The van der Waals surface area contributed by atoms with Gasteiger partial charge < -0.3 is 9.73 Å². The summed E-state index contributed by atoms with van der Waals surface area (Å²) in [6, 6.07) is 2.37. The lowest BCUT2D eigenvalue weighted by molar-refractivity contribution is 0.163. The van der Waals surface area contributed by atoms with Gasteiger partial charge in [-0.25, -0.2) is 0 Å². The standard InChI is InChI=1S/C13H21BrN2O/c1-15-9-10-5-3-4-7-16(2)12(10)13-11(14)6-8-17-13/h6,8,10,12,15H,3-5,7,9H2,1-2H3. The Hall–Kier alpha value is -0.320. The average molecular weight is 301 g/mol. The van der Waals surface area contributed by atoms with Gasteiger partial charge in [0.15, 0.2) is 0 Å². The Balaban J connectivity index is 2.26. The Morgan fingerprint density at radius 1 is 1.53 bits per heavy atom. The summed E-state index contributed by atoms with van der Waals surface area (Å²) >= 11 is 3.59. The van der Waals surface area contributed by atoms with Crippen LogP contribution in [0.4, 0.5) is 0 Å². The average Bonchev–Trinajstić information content (AvgIpc) is 2.63. The van der Waals surface area contributed by atoms with Gasteiger partial charge in [-0.1, -0.05) is 6.42 Å². The highest BCUT2D eigenvalue weighted by molar-refractivity contribution is 9.10. The lowest BCUT2D eigenvalue weighted by Crippen LogP contribution is -2.33. The number of likely N-dealkylation sites (tertiary alicyclic amines) is 1. The highest BCUT2D eigenvalue weighted by atomic mass is 79.9. The molecular formula is C13H21BrN2O. The van der Waals surface area contributed by atoms with Crippen LogP contribution in [-0.4, -0.2) is 32.1 Å². The van der Waals surface area contributed by atoms with Gasteiger partial charge in [-0.15, -0.1) is 0 Å². The van der Waals surface area contributed by atoms with Gasteiger partial charge >= 0.3 is 0 Å². The van der Waals surface area contributed by atoms with Crippen LogP contribution in [0, 0.1) is 5.92 Å². The second-order valence-electron chi connectivity index (χ2n) is 4.87. The third-order valence-corrected chi connectivity index (χ3v) is 4.29. The van der Waals surface area contributed by atoms with Gasteiger partial charge in [0, 0.05) is 0 Å². The molecule has 0 radical (unpaired) electrons. The first-order valence-corrected chi connectivity index (χ1v) is 7.11. The first kappa shape index (κ1) is 13.1. The van der Waals surface area contributed by atoms with E-state index < -0.39 is 0 Å². The SMILES string of the molecule is CNCC1CCCCN(C)C1c1occc1Br. The van der Waals surface area contributed by atoms with Crippen LogP contribution in [-0.2, 0) is 0 Å². The maximum Gasteiger partial charge on any atom is 0.135 e. The molecule has 4 heteroatoms. The molecule has 2 rings (SSSR count). The molecule has 0 spiro atoms. The van der Waals surface area contributed by atoms with Gasteiger partial charge in [0.25, 0.3) is 0 Å². The number of hydrogen-bond acceptors (Lipinski definition) is 3. The van der Waals surface area contributed by atoms with Crippen molar-refractivity contribution in [3.05, 3.63) is 22.6 Å². The summed E-state index contributed by atoms with van der Waals surface area (Å²) in [7, 11) is 4.23. The van der Waals surface area contributed by atoms with Crippen LogP contribution in [0.25, 0.3) is 0 Å². The molecule has 96 valence electrons. The molecule has 0 bridgehead atoms. The molecule has 0 aliphatic carbocycles. The largest absolute Gasteiger partial charge is 0.466 e. The van der Waals surface area contributed by atoms with Crippen LogP contribution in [0.2, 0.25) is 0 Å². The summed E-state index contributed by atoms with van der Waals surface area (Å²) in [4.78, 5) is 2.43. The molecule has 2 unspecified atom stereocenters. The van der Waals surface area contributed by atoms with Gasteiger partial charge in [-0.3, -0.25) is 4.90 Å². The summed E-state index contributed by atoms with van der Waals surface area (Å²) in [6.07, 6.45) is 5.63. The van der Waals surface area contributed by atoms with E-state index in [1.165, 1.54) is 19.3 Å². The molecule has 17 heavy (non-hydrogen) atoms. The molecule has 1 aliphatic rings. The lowest BCUT2D eigenvalue weighted by Gasteiger charge is -2.31. The fraction of sp³-hybridized carbons (Fsp3) is 0.692. The van der Waals surface area contributed by atoms with E-state index in [1.807, 2.05) is 13.1 Å². The van der Waals surface area contributed by atoms with E-state index in [0.717, 1.165) is 23.3 Å². The van der Waals surface area contributed by atoms with Gasteiger partial charge in [0.2, 0.25) is 0 Å². The Bertz CT molecular complexity index is 353. The summed E-state index contributed by atoms with van der Waals surface area (Å²) in [5, 5.41) is 3.31. The van der Waals surface area contributed by atoms with Gasteiger partial charge in [-0.05, 0) is 67.9 Å². The van der Waals surface area contributed by atoms with Gasteiger partial charge in [0.05, 0.1) is 16.8 Å². The molecule has 1 aromatic heterocycles. The highest BCUT2D eigenvalue weighted by Crippen LogP contribution is 2.37. The van der Waals surface area contributed by atoms with Crippen molar-refractivity contribution in [1.82, 2.24) is 10.2 Å². The Labute approximate surface area is 112 Å². The van der Waals surface area contributed by atoms with Crippen molar-refractivity contribution in [2.45, 2.75) is 25.3 Å². The topological polar surface area (TPSA) is 28.4 Å². The summed E-state index contributed by atoms with van der Waals surface area (Å²) in [5.41, 5.74) is 0. The second kappa shape index (κ2) is 6.03. The molecule has 0 saturated carbocycles. The van der Waals surface area contributed by atoms with E-state index in [9.17, 15) is 0 Å².